The van der Waals surface area contributed by atoms with Crippen molar-refractivity contribution in [2.24, 2.45) is 0 Å². The van der Waals surface area contributed by atoms with Crippen LogP contribution >= 0.6 is 11.8 Å². The van der Waals surface area contributed by atoms with Crippen LogP contribution in [0.3, 0.4) is 0 Å². The lowest BCUT2D eigenvalue weighted by atomic mass is 9.84. The van der Waals surface area contributed by atoms with E-state index in [1.165, 1.54) is 14.2 Å². The van der Waals surface area contributed by atoms with Crippen molar-refractivity contribution in [3.8, 4) is 0 Å². The molecule has 1 N–H and O–H groups in total. The second-order valence-electron chi connectivity index (χ2n) is 9.31. The maximum atomic E-state index is 13.2. The first-order valence-electron chi connectivity index (χ1n) is 11.8. The largest absolute Gasteiger partial charge is 0.444 e. The van der Waals surface area contributed by atoms with Crippen molar-refractivity contribution < 1.29 is 19.2 Å². The molecule has 0 saturated carbocycles. The smallest absolute Gasteiger partial charge is 0.408 e. The van der Waals surface area contributed by atoms with Gasteiger partial charge in [-0.1, -0.05) is 91.0 Å². The van der Waals surface area contributed by atoms with Gasteiger partial charge in [0.05, 0.1) is 11.9 Å². The molecule has 0 bridgehead atoms. The number of hydrogen-bond acceptors (Lipinski definition) is 5. The van der Waals surface area contributed by atoms with E-state index in [9.17, 15) is 9.59 Å². The number of carbonyl (C=O) groups excluding carboxylic acids is 2. The second kappa shape index (κ2) is 12.1. The van der Waals surface area contributed by atoms with Crippen molar-refractivity contribution in [1.82, 2.24) is 10.4 Å². The number of thioether (sulfide) groups is 1. The van der Waals surface area contributed by atoms with Gasteiger partial charge in [0.1, 0.15) is 11.6 Å². The van der Waals surface area contributed by atoms with Crippen LogP contribution in [-0.4, -0.2) is 48.6 Å². The van der Waals surface area contributed by atoms with E-state index in [1.807, 2.05) is 54.6 Å². The van der Waals surface area contributed by atoms with Gasteiger partial charge in [-0.15, -0.1) is 11.8 Å². The molecule has 0 radical (unpaired) electrons. The Morgan fingerprint density at radius 3 is 1.61 bits per heavy atom. The van der Waals surface area contributed by atoms with Gasteiger partial charge in [-0.3, -0.25) is 9.63 Å². The maximum absolute atomic E-state index is 13.2. The third kappa shape index (κ3) is 6.68. The Kier molecular flexibility index (Phi) is 9.18. The first-order chi connectivity index (χ1) is 17.2. The molecular weight excluding hydrogens is 472 g/mol. The van der Waals surface area contributed by atoms with Gasteiger partial charge in [-0.25, -0.2) is 9.86 Å². The third-order valence-electron chi connectivity index (χ3n) is 5.58. The van der Waals surface area contributed by atoms with E-state index in [1.54, 1.807) is 32.5 Å². The minimum Gasteiger partial charge on any atom is -0.444 e. The summed E-state index contributed by atoms with van der Waals surface area (Å²) in [5.41, 5.74) is 2.50. The molecule has 0 fully saturated rings. The lowest BCUT2D eigenvalue weighted by molar-refractivity contribution is -0.170. The van der Waals surface area contributed by atoms with Crippen LogP contribution in [0.4, 0.5) is 4.79 Å². The number of hydrogen-bond donors (Lipinski definition) is 1. The number of nitrogens with one attached hydrogen (secondary N) is 1. The van der Waals surface area contributed by atoms with Gasteiger partial charge in [0, 0.05) is 12.8 Å². The molecule has 6 nitrogen and oxygen atoms in total. The summed E-state index contributed by atoms with van der Waals surface area (Å²) >= 11 is 1.58. The fraction of sp³-hybridized carbons (Fsp3) is 0.310. The van der Waals surface area contributed by atoms with Crippen LogP contribution in [-0.2, 0) is 19.1 Å². The van der Waals surface area contributed by atoms with Crippen molar-refractivity contribution in [2.45, 2.75) is 37.2 Å². The number of likely N-dealkylation sites (N-methyl/N-ethyl adjacent to an activating group) is 1. The molecule has 7 heteroatoms. The molecule has 0 aliphatic carbocycles. The van der Waals surface area contributed by atoms with E-state index in [0.717, 1.165) is 21.8 Å². The van der Waals surface area contributed by atoms with Crippen molar-refractivity contribution >= 4 is 23.8 Å². The SMILES string of the molecule is CON(C)C(=O)[C@H](CSC(c1ccccc1)(c1ccccc1)c1ccccc1)NC(=O)OC(C)(C)C. The molecule has 0 heterocycles. The highest BCUT2D eigenvalue weighted by Crippen LogP contribution is 2.48. The van der Waals surface area contributed by atoms with Crippen LogP contribution in [0.1, 0.15) is 37.5 Å². The summed E-state index contributed by atoms with van der Waals surface area (Å²) < 4.78 is 4.81. The van der Waals surface area contributed by atoms with E-state index in [4.69, 9.17) is 9.57 Å². The number of ether oxygens (including phenoxy) is 1. The Labute approximate surface area is 217 Å². The first-order valence-corrected chi connectivity index (χ1v) is 12.8. The Bertz CT molecular complexity index is 1020. The van der Waals surface area contributed by atoms with E-state index >= 15 is 0 Å². The fourth-order valence-electron chi connectivity index (χ4n) is 3.91. The van der Waals surface area contributed by atoms with Gasteiger partial charge in [-0.2, -0.15) is 0 Å². The molecule has 190 valence electrons. The average Bonchev–Trinajstić information content (AvgIpc) is 2.88. The zero-order valence-electron chi connectivity index (χ0n) is 21.4. The lowest BCUT2D eigenvalue weighted by Gasteiger charge is -2.36. The van der Waals surface area contributed by atoms with Crippen LogP contribution in [0.15, 0.2) is 91.0 Å². The van der Waals surface area contributed by atoms with Gasteiger partial charge in [0.15, 0.2) is 0 Å². The van der Waals surface area contributed by atoms with Crippen molar-refractivity contribution in [3.63, 3.8) is 0 Å². The highest BCUT2D eigenvalue weighted by molar-refractivity contribution is 8.00. The Balaban J connectivity index is 2.07. The predicted molar refractivity (Wildman–Crippen MR) is 145 cm³/mol. The molecule has 0 saturated heterocycles. The molecule has 3 aromatic carbocycles. The molecule has 36 heavy (non-hydrogen) atoms. The normalized spacial score (nSPS) is 12.5. The van der Waals surface area contributed by atoms with Crippen molar-refractivity contribution in [2.75, 3.05) is 19.9 Å². The summed E-state index contributed by atoms with van der Waals surface area (Å²) in [6.45, 7) is 5.35. The number of benzene rings is 3. The minimum absolute atomic E-state index is 0.268. The Morgan fingerprint density at radius 2 is 1.25 bits per heavy atom. The van der Waals surface area contributed by atoms with Crippen LogP contribution in [0.5, 0.6) is 0 Å². The number of alkyl carbamates (subject to hydrolysis) is 1. The highest BCUT2D eigenvalue weighted by atomic mass is 32.2. The summed E-state index contributed by atoms with van der Waals surface area (Å²) in [5, 5.41) is 3.89. The van der Waals surface area contributed by atoms with E-state index in [0.29, 0.717) is 0 Å². The molecule has 0 unspecified atom stereocenters. The number of amides is 2. The summed E-state index contributed by atoms with van der Waals surface area (Å²) in [6, 6.07) is 29.7. The van der Waals surface area contributed by atoms with Gasteiger partial charge in [0.25, 0.3) is 5.91 Å². The summed E-state index contributed by atoms with van der Waals surface area (Å²) in [5.74, 6) is -0.108. The van der Waals surface area contributed by atoms with Gasteiger partial charge >= 0.3 is 6.09 Å². The number of nitrogens with zero attached hydrogens (tertiary/aromatic N) is 1. The third-order valence-corrected chi connectivity index (χ3v) is 7.22. The van der Waals surface area contributed by atoms with Crippen molar-refractivity contribution in [3.05, 3.63) is 108 Å². The Morgan fingerprint density at radius 1 is 0.833 bits per heavy atom. The number of hydroxylamine groups is 2. The summed E-state index contributed by atoms with van der Waals surface area (Å²) in [4.78, 5) is 31.0. The summed E-state index contributed by atoms with van der Waals surface area (Å²) in [6.07, 6.45) is -0.657. The number of rotatable bonds is 9. The Hall–Kier alpha value is -3.29. The topological polar surface area (TPSA) is 67.9 Å². The zero-order chi connectivity index (χ0) is 26.2. The minimum atomic E-state index is -0.884. The first kappa shape index (κ1) is 27.3. The van der Waals surface area contributed by atoms with E-state index in [-0.39, 0.29) is 11.7 Å². The summed E-state index contributed by atoms with van der Waals surface area (Å²) in [7, 11) is 2.94. The molecule has 0 aromatic heterocycles. The van der Waals surface area contributed by atoms with E-state index < -0.39 is 22.5 Å². The average molecular weight is 507 g/mol. The standard InChI is InChI=1S/C29H34N2O4S/c1-28(2,3)35-27(33)30-25(26(32)31(4)34-5)21-36-29(22-15-9-6-10-16-22,23-17-11-7-12-18-23)24-19-13-8-14-20-24/h6-20,25H,21H2,1-5H3,(H,30,33)/t25-/m0/s1. The van der Waals surface area contributed by atoms with Crippen molar-refractivity contribution in [1.29, 1.82) is 0 Å². The molecule has 1 atom stereocenters. The van der Waals surface area contributed by atoms with Gasteiger partial charge in [0.2, 0.25) is 0 Å². The van der Waals surface area contributed by atoms with Crippen LogP contribution in [0.2, 0.25) is 0 Å². The van der Waals surface area contributed by atoms with Crippen LogP contribution in [0.25, 0.3) is 0 Å². The zero-order valence-corrected chi connectivity index (χ0v) is 22.2. The number of carbonyl (C=O) groups is 2. The quantitative estimate of drug-likeness (QED) is 0.301. The highest BCUT2D eigenvalue weighted by Gasteiger charge is 2.39. The molecule has 0 spiro atoms. The molecule has 0 aliphatic rings. The molecular formula is C29H34N2O4S. The molecule has 3 rings (SSSR count). The predicted octanol–water partition coefficient (Wildman–Crippen LogP) is 5.62. The maximum Gasteiger partial charge on any atom is 0.408 e. The van der Waals surface area contributed by atoms with Gasteiger partial charge < -0.3 is 10.1 Å². The van der Waals surface area contributed by atoms with E-state index in [2.05, 4.69) is 41.7 Å². The fourth-order valence-corrected chi connectivity index (χ4v) is 5.46. The lowest BCUT2D eigenvalue weighted by Crippen LogP contribution is -2.50. The second-order valence-corrected chi connectivity index (χ2v) is 10.5. The monoisotopic (exact) mass is 506 g/mol. The molecule has 3 aromatic rings. The van der Waals surface area contributed by atoms with Crippen LogP contribution in [0, 0.1) is 0 Å². The molecule has 2 amide bonds. The van der Waals surface area contributed by atoms with Gasteiger partial charge in [-0.05, 0) is 37.5 Å². The molecule has 0 aliphatic heterocycles. The van der Waals surface area contributed by atoms with Crippen LogP contribution < -0.4 is 5.32 Å².